The lowest BCUT2D eigenvalue weighted by Crippen LogP contribution is -2.46. The second-order valence-electron chi connectivity index (χ2n) is 11.4. The van der Waals surface area contributed by atoms with E-state index < -0.39 is 48.0 Å². The molecule has 8 nitrogen and oxygen atoms in total. The van der Waals surface area contributed by atoms with Crippen molar-refractivity contribution in [2.24, 2.45) is 5.92 Å². The molecule has 0 bridgehead atoms. The summed E-state index contributed by atoms with van der Waals surface area (Å²) in [5.74, 6) is 4.05. The number of ether oxygens (including phenoxy) is 5. The Hall–Kier alpha value is -2.41. The van der Waals surface area contributed by atoms with E-state index in [1.807, 2.05) is 78.8 Å². The molecule has 2 saturated heterocycles. The lowest BCUT2D eigenvalue weighted by Gasteiger charge is -2.30. The summed E-state index contributed by atoms with van der Waals surface area (Å²) >= 11 is 0. The van der Waals surface area contributed by atoms with Gasteiger partial charge in [0.2, 0.25) is 0 Å². The van der Waals surface area contributed by atoms with Crippen LogP contribution >= 0.6 is 0 Å². The molecule has 0 unspecified atom stereocenters. The number of rotatable bonds is 7. The Morgan fingerprint density at radius 3 is 2.21 bits per heavy atom. The third-order valence-electron chi connectivity index (χ3n) is 6.47. The zero-order valence-corrected chi connectivity index (χ0v) is 24.1. The Kier molecular flexibility index (Phi) is 9.66. The third-order valence-corrected chi connectivity index (χ3v) is 6.47. The molecule has 5 atom stereocenters. The predicted molar refractivity (Wildman–Crippen MR) is 144 cm³/mol. The molecule has 0 spiro atoms. The molecule has 210 valence electrons. The van der Waals surface area contributed by atoms with Gasteiger partial charge in [0.05, 0.1) is 12.7 Å². The first-order chi connectivity index (χ1) is 17.7. The number of nitrogens with zero attached hydrogens (tertiary/aromatic N) is 1. The molecule has 1 amide bonds. The monoisotopic (exact) mass is 529 g/mol. The Bertz CT molecular complexity index is 1030. The highest BCUT2D eigenvalue weighted by molar-refractivity contribution is 5.70. The van der Waals surface area contributed by atoms with Gasteiger partial charge in [0.1, 0.15) is 18.3 Å². The van der Waals surface area contributed by atoms with Gasteiger partial charge in [-0.3, -0.25) is 0 Å². The molecule has 2 heterocycles. The highest BCUT2D eigenvalue weighted by Crippen LogP contribution is 2.38. The summed E-state index contributed by atoms with van der Waals surface area (Å²) in [5, 5.41) is 11.4. The van der Waals surface area contributed by atoms with E-state index in [2.05, 4.69) is 11.8 Å². The average Bonchev–Trinajstić information content (AvgIpc) is 3.34. The van der Waals surface area contributed by atoms with Gasteiger partial charge in [-0.05, 0) is 79.5 Å². The lowest BCUT2D eigenvalue weighted by molar-refractivity contribution is -0.175. The van der Waals surface area contributed by atoms with E-state index in [4.69, 9.17) is 23.7 Å². The van der Waals surface area contributed by atoms with Crippen molar-refractivity contribution < 1.29 is 33.6 Å². The Morgan fingerprint density at radius 1 is 1.03 bits per heavy atom. The molecule has 2 fully saturated rings. The van der Waals surface area contributed by atoms with Crippen molar-refractivity contribution in [2.75, 3.05) is 6.61 Å². The molecule has 1 N–H and O–H groups in total. The van der Waals surface area contributed by atoms with Gasteiger partial charge in [0.25, 0.3) is 0 Å². The quantitative estimate of drug-likeness (QED) is 0.399. The highest BCUT2D eigenvalue weighted by Gasteiger charge is 2.52. The normalized spacial score (nSPS) is 26.1. The second-order valence-corrected chi connectivity index (χ2v) is 11.4. The standard InChI is InChI=1S/C30H43NO7/c1-19(2)31(20(3)4)28(33)35-23(16-15-22-13-11-10-12-14-22)17-21(5)25(32)27-26(37-30(8,9)38-27)24-18-34-29(6,7)36-24/h10-14,17,19-21,24-27,32H,18H2,1-9H3/b23-17-/t21-,24+,25-,26+,27-/m0/s1. The van der Waals surface area contributed by atoms with Crippen molar-refractivity contribution in [2.45, 2.75) is 110 Å². The summed E-state index contributed by atoms with van der Waals surface area (Å²) in [5.41, 5.74) is 0.780. The molecular formula is C30H43NO7. The first kappa shape index (κ1) is 30.1. The zero-order valence-electron chi connectivity index (χ0n) is 24.1. The molecular weight excluding hydrogens is 486 g/mol. The maximum Gasteiger partial charge on any atom is 0.416 e. The van der Waals surface area contributed by atoms with Gasteiger partial charge >= 0.3 is 6.09 Å². The van der Waals surface area contributed by atoms with Gasteiger partial charge in [0, 0.05) is 23.6 Å². The van der Waals surface area contributed by atoms with Crippen molar-refractivity contribution in [3.63, 3.8) is 0 Å². The maximum atomic E-state index is 13.1. The van der Waals surface area contributed by atoms with Gasteiger partial charge in [-0.15, -0.1) is 0 Å². The van der Waals surface area contributed by atoms with E-state index in [1.54, 1.807) is 24.8 Å². The van der Waals surface area contributed by atoms with Crippen LogP contribution in [0.4, 0.5) is 4.79 Å². The topological polar surface area (TPSA) is 86.7 Å². The van der Waals surface area contributed by atoms with E-state index in [9.17, 15) is 9.90 Å². The first-order valence-electron chi connectivity index (χ1n) is 13.3. The van der Waals surface area contributed by atoms with Crippen molar-refractivity contribution in [1.82, 2.24) is 4.90 Å². The van der Waals surface area contributed by atoms with Gasteiger partial charge in [-0.1, -0.05) is 31.0 Å². The van der Waals surface area contributed by atoms with Crippen LogP contribution in [-0.4, -0.2) is 70.8 Å². The van der Waals surface area contributed by atoms with Crippen LogP contribution in [0.25, 0.3) is 0 Å². The summed E-state index contributed by atoms with van der Waals surface area (Å²) in [4.78, 5) is 14.7. The average molecular weight is 530 g/mol. The smallest absolute Gasteiger partial charge is 0.401 e. The van der Waals surface area contributed by atoms with Gasteiger partial charge < -0.3 is 33.7 Å². The van der Waals surface area contributed by atoms with E-state index in [-0.39, 0.29) is 17.8 Å². The van der Waals surface area contributed by atoms with Crippen molar-refractivity contribution in [3.05, 3.63) is 47.7 Å². The molecule has 8 heteroatoms. The number of allylic oxidation sites excluding steroid dienone is 1. The second kappa shape index (κ2) is 12.2. The fourth-order valence-electron chi connectivity index (χ4n) is 4.80. The molecule has 0 saturated carbocycles. The van der Waals surface area contributed by atoms with Crippen LogP contribution in [0.15, 0.2) is 42.2 Å². The SMILES string of the molecule is CC(C)N(C(=O)O/C(C#Cc1ccccc1)=C\[C@H](C)[C@H](O)[C@@H]1OC(C)(C)O[C@@H]1[C@H]1COC(C)(C)O1)C(C)C. The van der Waals surface area contributed by atoms with E-state index >= 15 is 0 Å². The van der Waals surface area contributed by atoms with Crippen LogP contribution < -0.4 is 0 Å². The van der Waals surface area contributed by atoms with E-state index in [0.29, 0.717) is 6.61 Å². The minimum atomic E-state index is -0.993. The largest absolute Gasteiger partial charge is 0.416 e. The van der Waals surface area contributed by atoms with E-state index in [0.717, 1.165) is 5.56 Å². The summed E-state index contributed by atoms with van der Waals surface area (Å²) < 4.78 is 29.8. The third kappa shape index (κ3) is 7.81. The van der Waals surface area contributed by atoms with Gasteiger partial charge in [0.15, 0.2) is 17.3 Å². The molecule has 1 aromatic rings. The maximum absolute atomic E-state index is 13.1. The molecule has 3 rings (SSSR count). The van der Waals surface area contributed by atoms with Crippen LogP contribution in [0.3, 0.4) is 0 Å². The number of carbonyl (C=O) groups is 1. The molecule has 0 aromatic heterocycles. The minimum Gasteiger partial charge on any atom is -0.401 e. The number of benzene rings is 1. The molecule has 2 aliphatic heterocycles. The molecule has 0 aliphatic carbocycles. The van der Waals surface area contributed by atoms with Crippen LogP contribution in [0.1, 0.15) is 67.9 Å². The minimum absolute atomic E-state index is 0.0567. The lowest BCUT2D eigenvalue weighted by atomic mass is 9.93. The van der Waals surface area contributed by atoms with Crippen molar-refractivity contribution in [1.29, 1.82) is 0 Å². The Balaban J connectivity index is 1.87. The number of carbonyl (C=O) groups excluding carboxylic acids is 1. The summed E-state index contributed by atoms with van der Waals surface area (Å²) in [7, 11) is 0. The van der Waals surface area contributed by atoms with Crippen molar-refractivity contribution >= 4 is 6.09 Å². The summed E-state index contributed by atoms with van der Waals surface area (Å²) in [6.07, 6.45) is -1.46. The highest BCUT2D eigenvalue weighted by atomic mass is 16.8. The fourth-order valence-corrected chi connectivity index (χ4v) is 4.80. The van der Waals surface area contributed by atoms with E-state index in [1.165, 1.54) is 0 Å². The molecule has 2 aliphatic rings. The molecule has 0 radical (unpaired) electrons. The summed E-state index contributed by atoms with van der Waals surface area (Å²) in [6.45, 7) is 17.2. The van der Waals surface area contributed by atoms with Crippen LogP contribution in [-0.2, 0) is 23.7 Å². The summed E-state index contributed by atoms with van der Waals surface area (Å²) in [6, 6.07) is 9.32. The number of hydrogen-bond donors (Lipinski definition) is 1. The van der Waals surface area contributed by atoms with Crippen molar-refractivity contribution in [3.8, 4) is 11.8 Å². The predicted octanol–water partition coefficient (Wildman–Crippen LogP) is 4.85. The molecule has 38 heavy (non-hydrogen) atoms. The van der Waals surface area contributed by atoms with Gasteiger partial charge in [-0.25, -0.2) is 4.79 Å². The number of aliphatic hydroxyl groups is 1. The first-order valence-corrected chi connectivity index (χ1v) is 13.3. The molecule has 1 aromatic carbocycles. The Morgan fingerprint density at radius 2 is 1.66 bits per heavy atom. The van der Waals surface area contributed by atoms with Crippen LogP contribution in [0.2, 0.25) is 0 Å². The Labute approximate surface area is 227 Å². The fraction of sp³-hybridized carbons (Fsp3) is 0.633. The zero-order chi connectivity index (χ0) is 28.3. The number of hydrogen-bond acceptors (Lipinski definition) is 7. The van der Waals surface area contributed by atoms with Crippen LogP contribution in [0.5, 0.6) is 0 Å². The van der Waals surface area contributed by atoms with Gasteiger partial charge in [-0.2, -0.15) is 0 Å². The number of aliphatic hydroxyl groups excluding tert-OH is 1. The van der Waals surface area contributed by atoms with Crippen LogP contribution in [0, 0.1) is 17.8 Å². The number of amides is 1.